The standard InChI is InChI=1S/C11H22N2O2S/c1-4-13(5-2)7-6-10-12-9(8-16-10)11(14)15-3/h9-10,12H,4-8H2,1-3H3. The molecular weight excluding hydrogens is 224 g/mol. The first-order chi connectivity index (χ1) is 7.71. The lowest BCUT2D eigenvalue weighted by Crippen LogP contribution is -2.38. The van der Waals surface area contributed by atoms with Gasteiger partial charge in [0.05, 0.1) is 12.5 Å². The maximum absolute atomic E-state index is 11.3. The van der Waals surface area contributed by atoms with Gasteiger partial charge in [-0.25, -0.2) is 0 Å². The highest BCUT2D eigenvalue weighted by Gasteiger charge is 2.29. The smallest absolute Gasteiger partial charge is 0.323 e. The van der Waals surface area contributed by atoms with Gasteiger partial charge in [-0.05, 0) is 19.5 Å². The minimum Gasteiger partial charge on any atom is -0.468 e. The zero-order valence-electron chi connectivity index (χ0n) is 10.4. The first-order valence-electron chi connectivity index (χ1n) is 5.89. The summed E-state index contributed by atoms with van der Waals surface area (Å²) in [5, 5.41) is 3.70. The summed E-state index contributed by atoms with van der Waals surface area (Å²) in [6, 6.07) is -0.114. The fourth-order valence-corrected chi connectivity index (χ4v) is 3.01. The quantitative estimate of drug-likeness (QED) is 0.706. The number of ether oxygens (including phenoxy) is 1. The van der Waals surface area contributed by atoms with E-state index in [-0.39, 0.29) is 12.0 Å². The van der Waals surface area contributed by atoms with E-state index in [1.165, 1.54) is 7.11 Å². The van der Waals surface area contributed by atoms with E-state index in [1.807, 2.05) is 11.8 Å². The molecule has 2 atom stereocenters. The van der Waals surface area contributed by atoms with Gasteiger partial charge < -0.3 is 9.64 Å². The first-order valence-corrected chi connectivity index (χ1v) is 6.94. The Labute approximate surface area is 102 Å². The molecule has 16 heavy (non-hydrogen) atoms. The molecule has 0 spiro atoms. The van der Waals surface area contributed by atoms with Gasteiger partial charge in [0.15, 0.2) is 0 Å². The number of carbonyl (C=O) groups is 1. The third-order valence-corrected chi connectivity index (χ3v) is 4.24. The molecule has 1 aliphatic heterocycles. The molecule has 1 aliphatic rings. The van der Waals surface area contributed by atoms with Crippen molar-refractivity contribution in [3.8, 4) is 0 Å². The number of methoxy groups -OCH3 is 1. The molecule has 2 unspecified atom stereocenters. The summed E-state index contributed by atoms with van der Waals surface area (Å²) in [5.41, 5.74) is 0. The van der Waals surface area contributed by atoms with Crippen molar-refractivity contribution in [1.29, 1.82) is 0 Å². The lowest BCUT2D eigenvalue weighted by molar-refractivity contribution is -0.142. The van der Waals surface area contributed by atoms with Crippen LogP contribution in [0.2, 0.25) is 0 Å². The Bertz CT molecular complexity index is 222. The van der Waals surface area contributed by atoms with Crippen molar-refractivity contribution in [2.24, 2.45) is 0 Å². The Kier molecular flexibility index (Phi) is 6.16. The molecule has 0 saturated carbocycles. The second kappa shape index (κ2) is 7.14. The maximum Gasteiger partial charge on any atom is 0.323 e. The zero-order valence-corrected chi connectivity index (χ0v) is 11.2. The van der Waals surface area contributed by atoms with Crippen LogP contribution in [0, 0.1) is 0 Å². The Morgan fingerprint density at radius 1 is 1.50 bits per heavy atom. The van der Waals surface area contributed by atoms with Gasteiger partial charge in [0.2, 0.25) is 0 Å². The van der Waals surface area contributed by atoms with E-state index >= 15 is 0 Å². The SMILES string of the molecule is CCN(CC)CCC1NC(C(=O)OC)CS1. The molecule has 1 fully saturated rings. The van der Waals surface area contributed by atoms with Crippen LogP contribution >= 0.6 is 11.8 Å². The van der Waals surface area contributed by atoms with Crippen molar-refractivity contribution in [2.75, 3.05) is 32.5 Å². The van der Waals surface area contributed by atoms with Crippen LogP contribution in [-0.2, 0) is 9.53 Å². The lowest BCUT2D eigenvalue weighted by atomic mass is 10.3. The number of thioether (sulfide) groups is 1. The van der Waals surface area contributed by atoms with Gasteiger partial charge in [-0.1, -0.05) is 13.8 Å². The van der Waals surface area contributed by atoms with Crippen molar-refractivity contribution < 1.29 is 9.53 Å². The highest BCUT2D eigenvalue weighted by molar-refractivity contribution is 8.00. The normalized spacial score (nSPS) is 25.0. The lowest BCUT2D eigenvalue weighted by Gasteiger charge is -2.20. The van der Waals surface area contributed by atoms with Crippen LogP contribution in [0.4, 0.5) is 0 Å². The van der Waals surface area contributed by atoms with Crippen molar-refractivity contribution >= 4 is 17.7 Å². The van der Waals surface area contributed by atoms with Crippen LogP contribution in [0.5, 0.6) is 0 Å². The molecule has 1 saturated heterocycles. The van der Waals surface area contributed by atoms with Gasteiger partial charge in [0.25, 0.3) is 0 Å². The van der Waals surface area contributed by atoms with E-state index in [0.29, 0.717) is 5.37 Å². The molecule has 0 aromatic rings. The number of nitrogens with zero attached hydrogens (tertiary/aromatic N) is 1. The van der Waals surface area contributed by atoms with E-state index in [0.717, 1.165) is 31.8 Å². The fraction of sp³-hybridized carbons (Fsp3) is 0.909. The van der Waals surface area contributed by atoms with Crippen LogP contribution in [0.3, 0.4) is 0 Å². The van der Waals surface area contributed by atoms with E-state index < -0.39 is 0 Å². The van der Waals surface area contributed by atoms with Gasteiger partial charge in [0.1, 0.15) is 6.04 Å². The van der Waals surface area contributed by atoms with E-state index in [2.05, 4.69) is 24.1 Å². The average Bonchev–Trinajstić information content (AvgIpc) is 2.78. The third-order valence-electron chi connectivity index (χ3n) is 2.94. The van der Waals surface area contributed by atoms with Gasteiger partial charge in [-0.3, -0.25) is 10.1 Å². The number of hydrogen-bond donors (Lipinski definition) is 1. The van der Waals surface area contributed by atoms with Crippen molar-refractivity contribution in [3.05, 3.63) is 0 Å². The summed E-state index contributed by atoms with van der Waals surface area (Å²) < 4.78 is 4.73. The van der Waals surface area contributed by atoms with Gasteiger partial charge in [0, 0.05) is 12.3 Å². The van der Waals surface area contributed by atoms with E-state index in [1.54, 1.807) is 0 Å². The summed E-state index contributed by atoms with van der Waals surface area (Å²) in [5.74, 6) is 0.688. The number of nitrogens with one attached hydrogen (secondary N) is 1. The number of carbonyl (C=O) groups excluding carboxylic acids is 1. The predicted octanol–water partition coefficient (Wildman–Crippen LogP) is 0.922. The van der Waals surface area contributed by atoms with Gasteiger partial charge in [-0.2, -0.15) is 0 Å². The van der Waals surface area contributed by atoms with Crippen LogP contribution in [0.15, 0.2) is 0 Å². The molecule has 0 bridgehead atoms. The van der Waals surface area contributed by atoms with Crippen LogP contribution in [0.25, 0.3) is 0 Å². The Hall–Kier alpha value is -0.260. The zero-order chi connectivity index (χ0) is 12.0. The minimum absolute atomic E-state index is 0.114. The Balaban J connectivity index is 2.23. The highest BCUT2D eigenvalue weighted by Crippen LogP contribution is 2.22. The molecule has 1 heterocycles. The number of rotatable bonds is 6. The summed E-state index contributed by atoms with van der Waals surface area (Å²) in [6.45, 7) is 7.63. The predicted molar refractivity (Wildman–Crippen MR) is 67.6 cm³/mol. The second-order valence-electron chi connectivity index (χ2n) is 3.88. The molecule has 0 aromatic carbocycles. The summed E-state index contributed by atoms with van der Waals surface area (Å²) in [6.07, 6.45) is 1.08. The Morgan fingerprint density at radius 3 is 2.75 bits per heavy atom. The van der Waals surface area contributed by atoms with Crippen LogP contribution in [0.1, 0.15) is 20.3 Å². The molecule has 94 valence electrons. The molecule has 0 aromatic heterocycles. The fourth-order valence-electron chi connectivity index (χ4n) is 1.82. The molecule has 1 rings (SSSR count). The Morgan fingerprint density at radius 2 is 2.19 bits per heavy atom. The summed E-state index contributed by atoms with van der Waals surface area (Å²) in [4.78, 5) is 13.7. The molecule has 0 radical (unpaired) electrons. The van der Waals surface area contributed by atoms with Crippen LogP contribution in [-0.4, -0.2) is 54.8 Å². The summed E-state index contributed by atoms with van der Waals surface area (Å²) in [7, 11) is 1.44. The van der Waals surface area contributed by atoms with Gasteiger partial charge in [-0.15, -0.1) is 11.8 Å². The molecule has 4 nitrogen and oxygen atoms in total. The monoisotopic (exact) mass is 246 g/mol. The molecular formula is C11H22N2O2S. The van der Waals surface area contributed by atoms with E-state index in [9.17, 15) is 4.79 Å². The third kappa shape index (κ3) is 3.96. The van der Waals surface area contributed by atoms with Gasteiger partial charge >= 0.3 is 5.97 Å². The van der Waals surface area contributed by atoms with Crippen LogP contribution < -0.4 is 5.32 Å². The van der Waals surface area contributed by atoms with Crippen molar-refractivity contribution in [1.82, 2.24) is 10.2 Å². The molecule has 0 aliphatic carbocycles. The number of hydrogen-bond acceptors (Lipinski definition) is 5. The average molecular weight is 246 g/mol. The molecule has 5 heteroatoms. The molecule has 1 N–H and O–H groups in total. The van der Waals surface area contributed by atoms with Crippen molar-refractivity contribution in [3.63, 3.8) is 0 Å². The summed E-state index contributed by atoms with van der Waals surface area (Å²) >= 11 is 1.82. The topological polar surface area (TPSA) is 41.6 Å². The maximum atomic E-state index is 11.3. The largest absolute Gasteiger partial charge is 0.468 e. The van der Waals surface area contributed by atoms with E-state index in [4.69, 9.17) is 4.74 Å². The minimum atomic E-state index is -0.141. The van der Waals surface area contributed by atoms with Crippen molar-refractivity contribution in [2.45, 2.75) is 31.7 Å². The molecule has 0 amide bonds. The first kappa shape index (κ1) is 13.8. The second-order valence-corrected chi connectivity index (χ2v) is 5.12. The highest BCUT2D eigenvalue weighted by atomic mass is 32.2. The number of esters is 1.